The van der Waals surface area contributed by atoms with Gasteiger partial charge in [0.1, 0.15) is 5.41 Å². The number of amides is 2. The molecule has 1 aliphatic heterocycles. The average Bonchev–Trinajstić information content (AvgIpc) is 2.84. The zero-order valence-corrected chi connectivity index (χ0v) is 17.5. The second kappa shape index (κ2) is 9.00. The van der Waals surface area contributed by atoms with Crippen molar-refractivity contribution in [2.45, 2.75) is 18.3 Å². The van der Waals surface area contributed by atoms with Gasteiger partial charge in [-0.15, -0.1) is 0 Å². The van der Waals surface area contributed by atoms with E-state index in [4.69, 9.17) is 0 Å². The molecule has 0 spiro atoms. The Morgan fingerprint density at radius 3 is 2.45 bits per heavy atom. The Morgan fingerprint density at radius 2 is 1.71 bits per heavy atom. The largest absolute Gasteiger partial charge is 0.358 e. The maximum absolute atomic E-state index is 13.6. The standard InChI is InChI=1S/C25H26N4O2/c1-26-24(31)25(22-14-7-8-16-27-22)15-9-17-29(18-25)23(30)20-12-5-6-13-21(20)28-19-10-3-2-4-11-19/h2-8,10-14,16,28H,9,15,17-18H2,1H3,(H,26,31). The van der Waals surface area contributed by atoms with Crippen molar-refractivity contribution in [3.8, 4) is 0 Å². The number of likely N-dealkylation sites (N-methyl/N-ethyl adjacent to an activating group) is 1. The topological polar surface area (TPSA) is 74.3 Å². The van der Waals surface area contributed by atoms with E-state index in [2.05, 4.69) is 15.6 Å². The van der Waals surface area contributed by atoms with E-state index in [0.29, 0.717) is 30.8 Å². The summed E-state index contributed by atoms with van der Waals surface area (Å²) in [6.45, 7) is 0.895. The minimum atomic E-state index is -0.855. The Labute approximate surface area is 182 Å². The molecule has 31 heavy (non-hydrogen) atoms. The molecule has 2 N–H and O–H groups in total. The number of benzene rings is 2. The number of nitrogens with zero attached hydrogens (tertiary/aromatic N) is 2. The van der Waals surface area contributed by atoms with Crippen molar-refractivity contribution >= 4 is 23.2 Å². The lowest BCUT2D eigenvalue weighted by Crippen LogP contribution is -2.56. The molecule has 1 aromatic heterocycles. The highest BCUT2D eigenvalue weighted by Gasteiger charge is 2.45. The van der Waals surface area contributed by atoms with Crippen molar-refractivity contribution in [3.05, 3.63) is 90.3 Å². The number of piperidine rings is 1. The van der Waals surface area contributed by atoms with Gasteiger partial charge in [0, 0.05) is 32.0 Å². The number of carbonyl (C=O) groups is 2. The van der Waals surface area contributed by atoms with Crippen molar-refractivity contribution in [2.75, 3.05) is 25.5 Å². The Balaban J connectivity index is 1.64. The molecule has 1 aliphatic rings. The fourth-order valence-electron chi connectivity index (χ4n) is 4.25. The van der Waals surface area contributed by atoms with Gasteiger partial charge in [-0.1, -0.05) is 36.4 Å². The van der Waals surface area contributed by atoms with E-state index in [9.17, 15) is 9.59 Å². The molecule has 1 atom stereocenters. The average molecular weight is 415 g/mol. The van der Waals surface area contributed by atoms with Crippen LogP contribution in [-0.4, -0.2) is 41.8 Å². The van der Waals surface area contributed by atoms with Crippen LogP contribution >= 0.6 is 0 Å². The maximum atomic E-state index is 13.6. The molecule has 6 heteroatoms. The molecule has 2 heterocycles. The number of anilines is 2. The van der Waals surface area contributed by atoms with Gasteiger partial charge in [0.2, 0.25) is 5.91 Å². The van der Waals surface area contributed by atoms with Gasteiger partial charge in [0.15, 0.2) is 0 Å². The summed E-state index contributed by atoms with van der Waals surface area (Å²) in [6.07, 6.45) is 3.07. The fourth-order valence-corrected chi connectivity index (χ4v) is 4.25. The summed E-state index contributed by atoms with van der Waals surface area (Å²) in [6, 6.07) is 22.8. The second-order valence-electron chi connectivity index (χ2n) is 7.74. The van der Waals surface area contributed by atoms with E-state index in [-0.39, 0.29) is 11.8 Å². The molecule has 0 radical (unpaired) electrons. The first-order chi connectivity index (χ1) is 15.1. The van der Waals surface area contributed by atoms with Gasteiger partial charge in [-0.2, -0.15) is 0 Å². The Hall–Kier alpha value is -3.67. The molecule has 6 nitrogen and oxygen atoms in total. The highest BCUT2D eigenvalue weighted by molar-refractivity contribution is 6.01. The fraction of sp³-hybridized carbons (Fsp3) is 0.240. The van der Waals surface area contributed by atoms with Gasteiger partial charge in [-0.05, 0) is 49.2 Å². The van der Waals surface area contributed by atoms with Crippen molar-refractivity contribution < 1.29 is 9.59 Å². The monoisotopic (exact) mass is 414 g/mol. The first kappa shape index (κ1) is 20.6. The van der Waals surface area contributed by atoms with Crippen LogP contribution < -0.4 is 10.6 Å². The first-order valence-electron chi connectivity index (χ1n) is 10.5. The Kier molecular flexibility index (Phi) is 5.98. The van der Waals surface area contributed by atoms with Gasteiger partial charge < -0.3 is 15.5 Å². The summed E-state index contributed by atoms with van der Waals surface area (Å²) >= 11 is 0. The molecule has 2 aromatic carbocycles. The molecule has 0 aliphatic carbocycles. The summed E-state index contributed by atoms with van der Waals surface area (Å²) in [5, 5.41) is 6.13. The second-order valence-corrected chi connectivity index (χ2v) is 7.74. The minimum absolute atomic E-state index is 0.0945. The van der Waals surface area contributed by atoms with Gasteiger partial charge in [-0.3, -0.25) is 14.6 Å². The third-order valence-electron chi connectivity index (χ3n) is 5.81. The van der Waals surface area contributed by atoms with Crippen LogP contribution in [0.1, 0.15) is 28.9 Å². The summed E-state index contributed by atoms with van der Waals surface area (Å²) in [7, 11) is 1.63. The number of nitrogens with one attached hydrogen (secondary N) is 2. The van der Waals surface area contributed by atoms with E-state index in [1.165, 1.54) is 0 Å². The van der Waals surface area contributed by atoms with Crippen LogP contribution in [-0.2, 0) is 10.2 Å². The van der Waals surface area contributed by atoms with Crippen molar-refractivity contribution in [3.63, 3.8) is 0 Å². The number of rotatable bonds is 5. The molecule has 1 saturated heterocycles. The molecular formula is C25H26N4O2. The molecule has 2 amide bonds. The number of likely N-dealkylation sites (tertiary alicyclic amines) is 1. The van der Waals surface area contributed by atoms with Crippen molar-refractivity contribution in [2.24, 2.45) is 0 Å². The molecule has 4 rings (SSSR count). The van der Waals surface area contributed by atoms with Crippen LogP contribution in [0.5, 0.6) is 0 Å². The third-order valence-corrected chi connectivity index (χ3v) is 5.81. The summed E-state index contributed by atoms with van der Waals surface area (Å²) in [4.78, 5) is 32.8. The van der Waals surface area contributed by atoms with Gasteiger partial charge in [-0.25, -0.2) is 0 Å². The van der Waals surface area contributed by atoms with Crippen LogP contribution in [0.15, 0.2) is 79.0 Å². The van der Waals surface area contributed by atoms with Crippen molar-refractivity contribution in [1.82, 2.24) is 15.2 Å². The van der Waals surface area contributed by atoms with E-state index in [0.717, 1.165) is 17.8 Å². The number of carbonyl (C=O) groups excluding carboxylic acids is 2. The van der Waals surface area contributed by atoms with Crippen molar-refractivity contribution in [1.29, 1.82) is 0 Å². The molecule has 158 valence electrons. The number of hydrogen-bond donors (Lipinski definition) is 2. The zero-order valence-electron chi connectivity index (χ0n) is 17.5. The lowest BCUT2D eigenvalue weighted by atomic mass is 9.75. The quantitative estimate of drug-likeness (QED) is 0.667. The summed E-state index contributed by atoms with van der Waals surface area (Å²) in [5.41, 5.74) is 2.08. The predicted octanol–water partition coefficient (Wildman–Crippen LogP) is 3.75. The van der Waals surface area contributed by atoms with Crippen LogP contribution in [0, 0.1) is 0 Å². The number of aromatic nitrogens is 1. The van der Waals surface area contributed by atoms with Gasteiger partial charge >= 0.3 is 0 Å². The molecule has 0 bridgehead atoms. The van der Waals surface area contributed by atoms with Crippen LogP contribution in [0.4, 0.5) is 11.4 Å². The number of hydrogen-bond acceptors (Lipinski definition) is 4. The minimum Gasteiger partial charge on any atom is -0.358 e. The Morgan fingerprint density at radius 1 is 0.968 bits per heavy atom. The van der Waals surface area contributed by atoms with Crippen LogP contribution in [0.25, 0.3) is 0 Å². The number of pyridine rings is 1. The van der Waals surface area contributed by atoms with E-state index in [1.807, 2.05) is 72.8 Å². The SMILES string of the molecule is CNC(=O)C1(c2ccccn2)CCCN(C(=O)c2ccccc2Nc2ccccc2)C1. The van der Waals surface area contributed by atoms with E-state index in [1.54, 1.807) is 18.1 Å². The maximum Gasteiger partial charge on any atom is 0.256 e. The third kappa shape index (κ3) is 4.14. The summed E-state index contributed by atoms with van der Waals surface area (Å²) < 4.78 is 0. The molecule has 0 saturated carbocycles. The van der Waals surface area contributed by atoms with Crippen LogP contribution in [0.2, 0.25) is 0 Å². The summed E-state index contributed by atoms with van der Waals surface area (Å²) in [5.74, 6) is -0.206. The lowest BCUT2D eigenvalue weighted by Gasteiger charge is -2.41. The first-order valence-corrected chi connectivity index (χ1v) is 10.5. The van der Waals surface area contributed by atoms with E-state index >= 15 is 0 Å². The predicted molar refractivity (Wildman–Crippen MR) is 121 cm³/mol. The normalized spacial score (nSPS) is 18.3. The molecule has 3 aromatic rings. The molecule has 1 unspecified atom stereocenters. The smallest absolute Gasteiger partial charge is 0.256 e. The van der Waals surface area contributed by atoms with Gasteiger partial charge in [0.05, 0.1) is 16.9 Å². The molecular weight excluding hydrogens is 388 g/mol. The zero-order chi connectivity index (χ0) is 21.7. The highest BCUT2D eigenvalue weighted by Crippen LogP contribution is 2.34. The lowest BCUT2D eigenvalue weighted by molar-refractivity contribution is -0.128. The number of para-hydroxylation sites is 2. The molecule has 1 fully saturated rings. The Bertz CT molecular complexity index is 1060. The highest BCUT2D eigenvalue weighted by atomic mass is 16.2. The van der Waals surface area contributed by atoms with Gasteiger partial charge in [0.25, 0.3) is 5.91 Å². The van der Waals surface area contributed by atoms with E-state index < -0.39 is 5.41 Å². The van der Waals surface area contributed by atoms with Crippen LogP contribution in [0.3, 0.4) is 0 Å².